The molecule has 0 amide bonds. The molecule has 0 saturated carbocycles. The summed E-state index contributed by atoms with van der Waals surface area (Å²) in [5.74, 6) is 1.56. The molecule has 0 unspecified atom stereocenters. The maximum absolute atomic E-state index is 8.47. The van der Waals surface area contributed by atoms with Crippen molar-refractivity contribution in [1.29, 1.82) is 10.8 Å². The van der Waals surface area contributed by atoms with E-state index in [0.29, 0.717) is 22.4 Å². The molecule has 0 atom stereocenters. The third-order valence-electron chi connectivity index (χ3n) is 7.15. The van der Waals surface area contributed by atoms with Crippen molar-refractivity contribution in [1.82, 2.24) is 9.97 Å². The Morgan fingerprint density at radius 3 is 1.52 bits per heavy atom. The second kappa shape index (κ2) is 10.4. The quantitative estimate of drug-likeness (QED) is 0.195. The van der Waals surface area contributed by atoms with Gasteiger partial charge in [-0.2, -0.15) is 0 Å². The summed E-state index contributed by atoms with van der Waals surface area (Å²) in [6.45, 7) is 0. The van der Waals surface area contributed by atoms with Crippen LogP contribution in [0, 0.1) is 10.8 Å². The van der Waals surface area contributed by atoms with Crippen molar-refractivity contribution in [2.24, 2.45) is 8.80 Å². The van der Waals surface area contributed by atoms with Crippen LogP contribution in [0.4, 0.5) is 17.1 Å². The van der Waals surface area contributed by atoms with Crippen molar-refractivity contribution in [2.75, 3.05) is 4.90 Å². The van der Waals surface area contributed by atoms with Crippen molar-refractivity contribution in [3.8, 4) is 34.0 Å². The molecule has 0 fully saturated rings. The van der Waals surface area contributed by atoms with Gasteiger partial charge in [-0.1, -0.05) is 66.7 Å². The molecule has 8 nitrogen and oxygen atoms in total. The second-order valence-electron chi connectivity index (χ2n) is 9.55. The van der Waals surface area contributed by atoms with Crippen LogP contribution in [0.2, 0.25) is 0 Å². The molecule has 0 spiro atoms. The molecule has 42 heavy (non-hydrogen) atoms. The lowest BCUT2D eigenvalue weighted by molar-refractivity contribution is 0.477. The Hall–Kier alpha value is -5.06. The summed E-state index contributed by atoms with van der Waals surface area (Å²) in [6, 6.07) is 33.7. The first-order chi connectivity index (χ1) is 20.6. The number of aromatic nitrogens is 2. The Labute approximate surface area is 250 Å². The first kappa shape index (κ1) is 25.9. The molecule has 0 saturated heterocycles. The highest BCUT2D eigenvalue weighted by Crippen LogP contribution is 2.50. The second-order valence-corrected chi connectivity index (χ2v) is 9.95. The lowest BCUT2D eigenvalue weighted by atomic mass is 10.0. The number of fused-ring (bicyclic) bond motifs is 3. The number of nitrogens with zero attached hydrogens (tertiary/aromatic N) is 5. The van der Waals surface area contributed by atoms with Gasteiger partial charge in [0.2, 0.25) is 0 Å². The fraction of sp³-hybridized carbons (Fsp3) is 0. The predicted octanol–water partition coefficient (Wildman–Crippen LogP) is 5.86. The summed E-state index contributed by atoms with van der Waals surface area (Å²) in [6.07, 6.45) is 0. The SMILES string of the molecule is N=c1c(=N)c(=NS)c2nc(-c3ccc(N4c5ccccc5Oc5ccccc54)cc3)c(-c3ccccc3)nc2c1=NS. The van der Waals surface area contributed by atoms with Crippen LogP contribution in [0.15, 0.2) is 112 Å². The molecular weight excluding hydrogens is 563 g/mol. The van der Waals surface area contributed by atoms with E-state index in [4.69, 9.17) is 25.5 Å². The smallest absolute Gasteiger partial charge is 0.151 e. The largest absolute Gasteiger partial charge is 0.453 e. The van der Waals surface area contributed by atoms with E-state index in [0.717, 1.165) is 39.7 Å². The Bertz CT molecular complexity index is 2200. The van der Waals surface area contributed by atoms with Crippen LogP contribution in [-0.4, -0.2) is 9.97 Å². The van der Waals surface area contributed by atoms with Crippen LogP contribution in [0.5, 0.6) is 11.5 Å². The van der Waals surface area contributed by atoms with Crippen molar-refractivity contribution < 1.29 is 4.74 Å². The molecule has 10 heteroatoms. The molecule has 1 aromatic heterocycles. The van der Waals surface area contributed by atoms with Crippen LogP contribution < -0.4 is 31.1 Å². The normalized spacial score (nSPS) is 13.1. The first-order valence-electron chi connectivity index (χ1n) is 13.0. The molecule has 6 aromatic rings. The summed E-state index contributed by atoms with van der Waals surface area (Å²) >= 11 is 8.17. The van der Waals surface area contributed by atoms with Gasteiger partial charge in [0.15, 0.2) is 11.5 Å². The highest BCUT2D eigenvalue weighted by molar-refractivity contribution is 7.78. The van der Waals surface area contributed by atoms with Crippen LogP contribution in [0.1, 0.15) is 0 Å². The van der Waals surface area contributed by atoms with Gasteiger partial charge < -0.3 is 9.64 Å². The third-order valence-corrected chi connectivity index (χ3v) is 7.55. The predicted molar refractivity (Wildman–Crippen MR) is 168 cm³/mol. The summed E-state index contributed by atoms with van der Waals surface area (Å²) in [5.41, 5.74) is 6.37. The average Bonchev–Trinajstić information content (AvgIpc) is 3.04. The van der Waals surface area contributed by atoms with Crippen LogP contribution >= 0.6 is 25.6 Å². The molecule has 0 aliphatic carbocycles. The summed E-state index contributed by atoms with van der Waals surface area (Å²) in [4.78, 5) is 12.1. The van der Waals surface area contributed by atoms with Gasteiger partial charge in [-0.15, -0.1) is 0 Å². The first-order valence-corrected chi connectivity index (χ1v) is 13.8. The fourth-order valence-electron chi connectivity index (χ4n) is 5.18. The summed E-state index contributed by atoms with van der Waals surface area (Å²) in [7, 11) is 0. The van der Waals surface area contributed by atoms with E-state index in [2.05, 4.69) is 39.3 Å². The van der Waals surface area contributed by atoms with Gasteiger partial charge in [-0.25, -0.2) is 18.8 Å². The molecule has 7 rings (SSSR count). The van der Waals surface area contributed by atoms with Crippen molar-refractivity contribution in [3.05, 3.63) is 125 Å². The minimum absolute atomic E-state index is 0.137. The molecule has 0 radical (unpaired) electrons. The van der Waals surface area contributed by atoms with Gasteiger partial charge in [0.25, 0.3) is 0 Å². The highest BCUT2D eigenvalue weighted by atomic mass is 32.1. The molecule has 1 aliphatic rings. The average molecular weight is 584 g/mol. The van der Waals surface area contributed by atoms with E-state index in [1.165, 1.54) is 0 Å². The van der Waals surface area contributed by atoms with Gasteiger partial charge in [-0.3, -0.25) is 10.8 Å². The van der Waals surface area contributed by atoms with E-state index in [-0.39, 0.29) is 21.4 Å². The Kier molecular flexibility index (Phi) is 6.41. The lowest BCUT2D eigenvalue weighted by Crippen LogP contribution is -2.48. The van der Waals surface area contributed by atoms with Crippen molar-refractivity contribution in [3.63, 3.8) is 0 Å². The molecular formula is C32H21N7OS2. The number of para-hydroxylation sites is 4. The number of hydrogen-bond acceptors (Lipinski definition) is 10. The van der Waals surface area contributed by atoms with Crippen molar-refractivity contribution in [2.45, 2.75) is 0 Å². The number of hydrogen-bond donors (Lipinski definition) is 4. The third kappa shape index (κ3) is 4.11. The minimum Gasteiger partial charge on any atom is -0.453 e. The van der Waals surface area contributed by atoms with E-state index >= 15 is 0 Å². The maximum Gasteiger partial charge on any atom is 0.151 e. The van der Waals surface area contributed by atoms with E-state index < -0.39 is 0 Å². The summed E-state index contributed by atoms with van der Waals surface area (Å²) in [5, 5.41) is 16.9. The molecule has 2 N–H and O–H groups in total. The standard InChI is InChI=1S/C32H21N7OS2/c33-25-26(34)30(38-42)32-31(29(25)37-41)35-27(18-8-2-1-3-9-18)28(36-32)19-14-16-20(17-15-19)39-21-10-4-6-12-23(21)40-24-13-7-5-11-22(24)39/h1-17,33-34,41-42H. The molecule has 202 valence electrons. The molecule has 0 bridgehead atoms. The number of anilines is 3. The number of thiol groups is 2. The zero-order valence-electron chi connectivity index (χ0n) is 21.9. The molecule has 1 aliphatic heterocycles. The number of benzene rings is 5. The van der Waals surface area contributed by atoms with Gasteiger partial charge in [0, 0.05) is 16.8 Å². The van der Waals surface area contributed by atoms with Gasteiger partial charge in [-0.05, 0) is 62.0 Å². The van der Waals surface area contributed by atoms with E-state index in [1.54, 1.807) is 0 Å². The van der Waals surface area contributed by atoms with Crippen molar-refractivity contribution >= 4 is 53.7 Å². The Balaban J connectivity index is 1.46. The van der Waals surface area contributed by atoms with E-state index in [1.807, 2.05) is 103 Å². The molecule has 5 aromatic carbocycles. The number of nitrogens with one attached hydrogen (secondary N) is 2. The topological polar surface area (TPSA) is 111 Å². The van der Waals surface area contributed by atoms with Crippen LogP contribution in [0.25, 0.3) is 33.5 Å². The monoisotopic (exact) mass is 583 g/mol. The Morgan fingerprint density at radius 1 is 0.571 bits per heavy atom. The zero-order chi connectivity index (χ0) is 28.8. The van der Waals surface area contributed by atoms with Gasteiger partial charge in [0.05, 0.1) is 22.8 Å². The Morgan fingerprint density at radius 2 is 1.02 bits per heavy atom. The lowest BCUT2D eigenvalue weighted by Gasteiger charge is -2.32. The number of ether oxygens (including phenoxy) is 1. The zero-order valence-corrected chi connectivity index (χ0v) is 23.6. The van der Waals surface area contributed by atoms with Crippen LogP contribution in [0.3, 0.4) is 0 Å². The number of rotatable bonds is 3. The maximum atomic E-state index is 8.47. The fourth-order valence-corrected chi connectivity index (χ4v) is 5.57. The van der Waals surface area contributed by atoms with Gasteiger partial charge in [0.1, 0.15) is 32.5 Å². The van der Waals surface area contributed by atoms with E-state index in [9.17, 15) is 0 Å². The van der Waals surface area contributed by atoms with Crippen LogP contribution in [-0.2, 0) is 0 Å². The van der Waals surface area contributed by atoms with Gasteiger partial charge >= 0.3 is 0 Å². The highest BCUT2D eigenvalue weighted by Gasteiger charge is 2.25. The molecule has 2 heterocycles. The minimum atomic E-state index is -0.141. The summed E-state index contributed by atoms with van der Waals surface area (Å²) < 4.78 is 14.1.